The molecule has 4 aromatic rings. The zero-order valence-corrected chi connectivity index (χ0v) is 22.3. The first-order valence-corrected chi connectivity index (χ1v) is 13.0. The van der Waals surface area contributed by atoms with Crippen LogP contribution in [0.2, 0.25) is 0 Å². The van der Waals surface area contributed by atoms with Crippen molar-refractivity contribution >= 4 is 29.2 Å². The predicted octanol–water partition coefficient (Wildman–Crippen LogP) is 4.62. The van der Waals surface area contributed by atoms with E-state index in [9.17, 15) is 19.2 Å². The van der Waals surface area contributed by atoms with Crippen LogP contribution in [0, 0.1) is 6.92 Å². The van der Waals surface area contributed by atoms with Gasteiger partial charge in [-0.2, -0.15) is 0 Å². The summed E-state index contributed by atoms with van der Waals surface area (Å²) in [6.45, 7) is 3.87. The van der Waals surface area contributed by atoms with Crippen molar-refractivity contribution < 1.29 is 19.2 Å². The number of amides is 2. The Bertz CT molecular complexity index is 1580. The lowest BCUT2D eigenvalue weighted by molar-refractivity contribution is -0.122. The number of benzene rings is 2. The van der Waals surface area contributed by atoms with Gasteiger partial charge < -0.3 is 10.2 Å². The van der Waals surface area contributed by atoms with Gasteiger partial charge in [-0.15, -0.1) is 0 Å². The number of pyridine rings is 2. The Morgan fingerprint density at radius 2 is 1.73 bits per heavy atom. The molecular formula is C32H28N4O4. The predicted molar refractivity (Wildman–Crippen MR) is 150 cm³/mol. The number of nitrogens with zero attached hydrogens (tertiary/aromatic N) is 3. The van der Waals surface area contributed by atoms with Gasteiger partial charge in [-0.05, 0) is 72.5 Å². The molecule has 0 saturated carbocycles. The number of carbonyl (C=O) groups excluding carboxylic acids is 4. The molecule has 2 aromatic carbocycles. The molecule has 0 unspecified atom stereocenters. The highest BCUT2D eigenvalue weighted by Crippen LogP contribution is 2.25. The van der Waals surface area contributed by atoms with Crippen LogP contribution >= 0.6 is 0 Å². The third-order valence-electron chi connectivity index (χ3n) is 7.03. The lowest BCUT2D eigenvalue weighted by atomic mass is 9.96. The largest absolute Gasteiger partial charge is 0.325 e. The molecule has 1 aliphatic heterocycles. The normalized spacial score (nSPS) is 14.8. The molecule has 0 aliphatic carbocycles. The molecule has 3 heterocycles. The maximum absolute atomic E-state index is 13.6. The second-order valence-electron chi connectivity index (χ2n) is 9.96. The van der Waals surface area contributed by atoms with Crippen molar-refractivity contribution in [3.05, 3.63) is 124 Å². The summed E-state index contributed by atoms with van der Waals surface area (Å²) in [5.74, 6) is -0.230. The van der Waals surface area contributed by atoms with Crippen LogP contribution in [-0.2, 0) is 24.2 Å². The number of hydrogen-bond donors (Lipinski definition) is 1. The number of fused-ring (bicyclic) bond motifs is 1. The average Bonchev–Trinajstić information content (AvgIpc) is 3.05. The number of anilines is 1. The van der Waals surface area contributed by atoms with E-state index < -0.39 is 6.04 Å². The molecule has 0 radical (unpaired) electrons. The number of hydrogen-bond acceptors (Lipinski definition) is 6. The van der Waals surface area contributed by atoms with Gasteiger partial charge in [-0.25, -0.2) is 4.98 Å². The topological polar surface area (TPSA) is 109 Å². The molecule has 0 fully saturated rings. The van der Waals surface area contributed by atoms with E-state index in [4.69, 9.17) is 0 Å². The van der Waals surface area contributed by atoms with Crippen LogP contribution < -0.4 is 5.32 Å². The molecule has 1 N–H and O–H groups in total. The van der Waals surface area contributed by atoms with Crippen molar-refractivity contribution in [3.8, 4) is 0 Å². The summed E-state index contributed by atoms with van der Waals surface area (Å²) in [6, 6.07) is 18.6. The van der Waals surface area contributed by atoms with Gasteiger partial charge in [-0.3, -0.25) is 24.2 Å². The number of aromatic nitrogens is 2. The van der Waals surface area contributed by atoms with Gasteiger partial charge in [0.05, 0.1) is 6.04 Å². The van der Waals surface area contributed by atoms with Gasteiger partial charge >= 0.3 is 0 Å². The van der Waals surface area contributed by atoms with Gasteiger partial charge in [0.1, 0.15) is 5.82 Å². The number of rotatable bonds is 7. The summed E-state index contributed by atoms with van der Waals surface area (Å²) in [5.41, 5.74) is 4.58. The zero-order valence-electron chi connectivity index (χ0n) is 22.3. The van der Waals surface area contributed by atoms with E-state index in [-0.39, 0.29) is 42.8 Å². The average molecular weight is 533 g/mol. The highest BCUT2D eigenvalue weighted by atomic mass is 16.2. The zero-order chi connectivity index (χ0) is 28.2. The van der Waals surface area contributed by atoms with Crippen molar-refractivity contribution in [2.45, 2.75) is 39.3 Å². The molecule has 0 saturated heterocycles. The number of aryl methyl sites for hydroxylation is 1. The van der Waals surface area contributed by atoms with E-state index in [2.05, 4.69) is 15.3 Å². The summed E-state index contributed by atoms with van der Waals surface area (Å²) in [7, 11) is 0. The molecule has 0 bridgehead atoms. The maximum atomic E-state index is 13.6. The van der Waals surface area contributed by atoms with Crippen molar-refractivity contribution in [1.29, 1.82) is 0 Å². The lowest BCUT2D eigenvalue weighted by Crippen LogP contribution is -2.41. The third kappa shape index (κ3) is 5.86. The van der Waals surface area contributed by atoms with Crippen LogP contribution in [0.15, 0.2) is 85.3 Å². The lowest BCUT2D eigenvalue weighted by Gasteiger charge is -2.26. The van der Waals surface area contributed by atoms with Gasteiger partial charge in [0.25, 0.3) is 11.8 Å². The molecular weight excluding hydrogens is 504 g/mol. The van der Waals surface area contributed by atoms with Gasteiger partial charge in [0.15, 0.2) is 11.6 Å². The van der Waals surface area contributed by atoms with Crippen LogP contribution in [0.1, 0.15) is 60.3 Å². The van der Waals surface area contributed by atoms with Gasteiger partial charge in [-0.1, -0.05) is 30.3 Å². The summed E-state index contributed by atoms with van der Waals surface area (Å²) >= 11 is 0. The van der Waals surface area contributed by atoms with Gasteiger partial charge in [0.2, 0.25) is 0 Å². The molecule has 2 aromatic heterocycles. The smallest absolute Gasteiger partial charge is 0.256 e. The fourth-order valence-electron chi connectivity index (χ4n) is 4.66. The summed E-state index contributed by atoms with van der Waals surface area (Å²) in [4.78, 5) is 61.7. The molecule has 2 amide bonds. The molecule has 40 heavy (non-hydrogen) atoms. The third-order valence-corrected chi connectivity index (χ3v) is 7.03. The molecule has 200 valence electrons. The summed E-state index contributed by atoms with van der Waals surface area (Å²) in [5, 5.41) is 2.77. The summed E-state index contributed by atoms with van der Waals surface area (Å²) in [6.07, 6.45) is 5.08. The first-order chi connectivity index (χ1) is 19.3. The monoisotopic (exact) mass is 532 g/mol. The Kier molecular flexibility index (Phi) is 7.59. The van der Waals surface area contributed by atoms with Crippen molar-refractivity contribution in [2.75, 3.05) is 5.32 Å². The minimum Gasteiger partial charge on any atom is -0.325 e. The number of carbonyl (C=O) groups is 4. The van der Waals surface area contributed by atoms with E-state index in [1.165, 1.54) is 6.20 Å². The van der Waals surface area contributed by atoms with E-state index in [1.54, 1.807) is 84.9 Å². The second-order valence-corrected chi connectivity index (χ2v) is 9.96. The van der Waals surface area contributed by atoms with E-state index in [0.717, 1.165) is 16.7 Å². The van der Waals surface area contributed by atoms with Crippen LogP contribution in [0.4, 0.5) is 5.82 Å². The Balaban J connectivity index is 1.30. The molecule has 8 heteroatoms. The Morgan fingerprint density at radius 3 is 2.42 bits per heavy atom. The fraction of sp³-hybridized carbons (Fsp3) is 0.188. The Hall–Kier alpha value is -4.98. The van der Waals surface area contributed by atoms with Crippen molar-refractivity contribution in [3.63, 3.8) is 0 Å². The second kappa shape index (κ2) is 11.4. The van der Waals surface area contributed by atoms with E-state index in [0.29, 0.717) is 28.1 Å². The quantitative estimate of drug-likeness (QED) is 0.348. The number of ketones is 2. The van der Waals surface area contributed by atoms with Crippen LogP contribution in [0.25, 0.3) is 0 Å². The number of Topliss-reactive ketones (excluding diaryl/α,β-unsaturated/α-hetero) is 2. The maximum Gasteiger partial charge on any atom is 0.256 e. The molecule has 0 spiro atoms. The van der Waals surface area contributed by atoms with Crippen LogP contribution in [0.5, 0.6) is 0 Å². The molecule has 1 aliphatic rings. The number of nitrogens with one attached hydrogen (secondary N) is 1. The first kappa shape index (κ1) is 26.6. The standard InChI is InChI=1S/C32H28N4O4/c1-20-5-12-30(34-17-20)35-31(39)24-9-6-22(7-10-24)19-36-21(2)28(37)16-26-14-23(8-11-27(26)32(36)40)15-29(38)25-4-3-13-33-18-25/h3-14,17-18,21H,15-16,19H2,1-2H3,(H,34,35,39)/t21-/m1/s1. The van der Waals surface area contributed by atoms with E-state index in [1.807, 2.05) is 13.0 Å². The molecule has 5 rings (SSSR count). The Morgan fingerprint density at radius 1 is 0.950 bits per heavy atom. The van der Waals surface area contributed by atoms with Crippen LogP contribution in [-0.4, -0.2) is 44.3 Å². The van der Waals surface area contributed by atoms with Crippen molar-refractivity contribution in [2.24, 2.45) is 0 Å². The SMILES string of the molecule is Cc1ccc(NC(=O)c2ccc(CN3C(=O)c4ccc(CC(=O)c5cccnc5)cc4CC(=O)[C@H]3C)cc2)nc1. The molecule has 1 atom stereocenters. The highest BCUT2D eigenvalue weighted by Gasteiger charge is 2.32. The van der Waals surface area contributed by atoms with Crippen molar-refractivity contribution in [1.82, 2.24) is 14.9 Å². The van der Waals surface area contributed by atoms with Gasteiger partial charge in [0, 0.05) is 54.7 Å². The Labute approximate surface area is 232 Å². The van der Waals surface area contributed by atoms with E-state index >= 15 is 0 Å². The highest BCUT2D eigenvalue weighted by molar-refractivity contribution is 6.04. The fourth-order valence-corrected chi connectivity index (χ4v) is 4.66. The minimum absolute atomic E-state index is 0.0792. The van der Waals surface area contributed by atoms with Crippen LogP contribution in [0.3, 0.4) is 0 Å². The molecule has 8 nitrogen and oxygen atoms in total. The summed E-state index contributed by atoms with van der Waals surface area (Å²) < 4.78 is 0. The first-order valence-electron chi connectivity index (χ1n) is 13.0. The minimum atomic E-state index is -0.629.